The maximum atomic E-state index is 13.6. The predicted octanol–water partition coefficient (Wildman–Crippen LogP) is 6.41. The summed E-state index contributed by atoms with van der Waals surface area (Å²) in [6.07, 6.45) is 2.18. The van der Waals surface area contributed by atoms with Crippen molar-refractivity contribution in [1.82, 2.24) is 4.98 Å². The molecule has 1 saturated carbocycles. The second-order valence-corrected chi connectivity index (χ2v) is 8.87. The second-order valence-electron chi connectivity index (χ2n) is 8.87. The monoisotopic (exact) mass is 495 g/mol. The van der Waals surface area contributed by atoms with Crippen LogP contribution in [0.25, 0.3) is 10.9 Å². The minimum Gasteiger partial charge on any atom is -0.492 e. The summed E-state index contributed by atoms with van der Waals surface area (Å²) in [5.74, 6) is 0.751. The van der Waals surface area contributed by atoms with Gasteiger partial charge in [-0.25, -0.2) is 0 Å². The number of fused-ring (bicyclic) bond motifs is 1. The Morgan fingerprint density at radius 3 is 2.03 bits per heavy atom. The van der Waals surface area contributed by atoms with E-state index in [4.69, 9.17) is 14.5 Å². The Morgan fingerprint density at radius 2 is 1.41 bits per heavy atom. The van der Waals surface area contributed by atoms with Gasteiger partial charge in [0, 0.05) is 34.7 Å². The maximum Gasteiger partial charge on any atom is 0.256 e. The van der Waals surface area contributed by atoms with Gasteiger partial charge in [-0.1, -0.05) is 36.4 Å². The number of nitrogens with zero attached hydrogens (tertiary/aromatic N) is 1. The Labute approximate surface area is 215 Å². The van der Waals surface area contributed by atoms with Gasteiger partial charge >= 0.3 is 0 Å². The first-order chi connectivity index (χ1) is 18.1. The highest BCUT2D eigenvalue weighted by molar-refractivity contribution is 6.13. The molecule has 7 heteroatoms. The summed E-state index contributed by atoms with van der Waals surface area (Å²) >= 11 is 0. The molecular weight excluding hydrogens is 466 g/mol. The average molecular weight is 496 g/mol. The number of carbonyl (C=O) groups is 2. The summed E-state index contributed by atoms with van der Waals surface area (Å²) in [6.45, 7) is 4.49. The number of anilines is 2. The molecule has 0 unspecified atom stereocenters. The third-order valence-electron chi connectivity index (χ3n) is 6.19. The van der Waals surface area contributed by atoms with Gasteiger partial charge in [0.2, 0.25) is 0 Å². The summed E-state index contributed by atoms with van der Waals surface area (Å²) in [7, 11) is 0. The molecule has 4 aromatic rings. The molecular formula is C30H29N3O4. The predicted molar refractivity (Wildman–Crippen MR) is 145 cm³/mol. The van der Waals surface area contributed by atoms with Crippen LogP contribution in [0, 0.1) is 0 Å². The SMILES string of the molecule is CCOc1cc(NC(=O)c2cc(C3CC3)nc3ccccc23)c(OCC)cc1NC(=O)c1ccccc1. The molecule has 188 valence electrons. The highest BCUT2D eigenvalue weighted by Gasteiger charge is 2.27. The highest BCUT2D eigenvalue weighted by Crippen LogP contribution is 2.41. The number of para-hydroxylation sites is 1. The minimum atomic E-state index is -0.267. The summed E-state index contributed by atoms with van der Waals surface area (Å²) in [5, 5.41) is 6.72. The van der Waals surface area contributed by atoms with Gasteiger partial charge in [-0.3, -0.25) is 14.6 Å². The van der Waals surface area contributed by atoms with Crippen molar-refractivity contribution in [2.45, 2.75) is 32.6 Å². The molecule has 0 aliphatic heterocycles. The normalized spacial score (nSPS) is 12.7. The number of carbonyl (C=O) groups excluding carboxylic acids is 2. The van der Waals surface area contributed by atoms with Crippen molar-refractivity contribution in [1.29, 1.82) is 0 Å². The van der Waals surface area contributed by atoms with Gasteiger partial charge < -0.3 is 20.1 Å². The molecule has 0 bridgehead atoms. The molecule has 2 amide bonds. The number of benzene rings is 3. The molecule has 5 rings (SSSR count). The number of rotatable bonds is 9. The zero-order valence-corrected chi connectivity index (χ0v) is 20.9. The van der Waals surface area contributed by atoms with E-state index in [0.29, 0.717) is 53.1 Å². The number of hydrogen-bond acceptors (Lipinski definition) is 5. The third kappa shape index (κ3) is 5.40. The average Bonchev–Trinajstić information content (AvgIpc) is 3.77. The van der Waals surface area contributed by atoms with Gasteiger partial charge in [-0.05, 0) is 51.0 Å². The topological polar surface area (TPSA) is 89.6 Å². The summed E-state index contributed by atoms with van der Waals surface area (Å²) < 4.78 is 11.7. The lowest BCUT2D eigenvalue weighted by atomic mass is 10.0. The van der Waals surface area contributed by atoms with E-state index in [0.717, 1.165) is 29.4 Å². The summed E-state index contributed by atoms with van der Waals surface area (Å²) in [6, 6.07) is 21.9. The molecule has 7 nitrogen and oxygen atoms in total. The van der Waals surface area contributed by atoms with E-state index in [1.807, 2.05) is 50.2 Å². The zero-order valence-electron chi connectivity index (χ0n) is 20.9. The van der Waals surface area contributed by atoms with E-state index < -0.39 is 0 Å². The van der Waals surface area contributed by atoms with E-state index in [2.05, 4.69) is 10.6 Å². The fraction of sp³-hybridized carbons (Fsp3) is 0.233. The van der Waals surface area contributed by atoms with Crippen molar-refractivity contribution < 1.29 is 19.1 Å². The van der Waals surface area contributed by atoms with Crippen molar-refractivity contribution in [3.05, 3.63) is 89.6 Å². The number of amides is 2. The fourth-order valence-corrected chi connectivity index (χ4v) is 4.25. The minimum absolute atomic E-state index is 0.259. The number of nitrogens with one attached hydrogen (secondary N) is 2. The molecule has 2 N–H and O–H groups in total. The molecule has 0 radical (unpaired) electrons. The second kappa shape index (κ2) is 10.7. The van der Waals surface area contributed by atoms with Gasteiger partial charge in [-0.2, -0.15) is 0 Å². The first-order valence-corrected chi connectivity index (χ1v) is 12.6. The van der Waals surface area contributed by atoms with E-state index in [-0.39, 0.29) is 11.8 Å². The van der Waals surface area contributed by atoms with Crippen LogP contribution in [0.5, 0.6) is 11.5 Å². The van der Waals surface area contributed by atoms with Gasteiger partial charge in [0.05, 0.1) is 35.7 Å². The van der Waals surface area contributed by atoms with Crippen LogP contribution in [0.4, 0.5) is 11.4 Å². The summed E-state index contributed by atoms with van der Waals surface area (Å²) in [4.78, 5) is 31.2. The Hall–Kier alpha value is -4.39. The molecule has 1 fully saturated rings. The van der Waals surface area contributed by atoms with Crippen molar-refractivity contribution in [2.24, 2.45) is 0 Å². The van der Waals surface area contributed by atoms with E-state index >= 15 is 0 Å². The molecule has 1 aliphatic carbocycles. The molecule has 37 heavy (non-hydrogen) atoms. The molecule has 1 heterocycles. The standard InChI is InChI=1S/C30H29N3O4/c1-3-36-27-18-26(28(37-4-2)17-25(27)32-29(34)20-10-6-5-7-11-20)33-30(35)22-16-24(19-14-15-19)31-23-13-9-8-12-21(22)23/h5-13,16-19H,3-4,14-15H2,1-2H3,(H,32,34)(H,33,35). The van der Waals surface area contributed by atoms with Crippen molar-refractivity contribution in [3.8, 4) is 11.5 Å². The quantitative estimate of drug-likeness (QED) is 0.280. The van der Waals surface area contributed by atoms with Gasteiger partial charge in [0.25, 0.3) is 11.8 Å². The van der Waals surface area contributed by atoms with Gasteiger partial charge in [-0.15, -0.1) is 0 Å². The molecule has 1 aliphatic rings. The Bertz CT molecular complexity index is 1450. The van der Waals surface area contributed by atoms with E-state index in [9.17, 15) is 9.59 Å². The van der Waals surface area contributed by atoms with Gasteiger partial charge in [0.15, 0.2) is 0 Å². The van der Waals surface area contributed by atoms with E-state index in [1.165, 1.54) is 0 Å². The van der Waals surface area contributed by atoms with Crippen molar-refractivity contribution in [2.75, 3.05) is 23.8 Å². The zero-order chi connectivity index (χ0) is 25.8. The van der Waals surface area contributed by atoms with Crippen LogP contribution in [0.15, 0.2) is 72.8 Å². The van der Waals surface area contributed by atoms with Crippen LogP contribution in [0.2, 0.25) is 0 Å². The Kier molecular flexibility index (Phi) is 7.03. The van der Waals surface area contributed by atoms with Crippen LogP contribution in [-0.2, 0) is 0 Å². The molecule has 0 atom stereocenters. The third-order valence-corrected chi connectivity index (χ3v) is 6.19. The first-order valence-electron chi connectivity index (χ1n) is 12.6. The summed E-state index contributed by atoms with van der Waals surface area (Å²) in [5.41, 5.74) is 3.76. The van der Waals surface area contributed by atoms with Crippen LogP contribution >= 0.6 is 0 Å². The fourth-order valence-electron chi connectivity index (χ4n) is 4.25. The highest BCUT2D eigenvalue weighted by atomic mass is 16.5. The Morgan fingerprint density at radius 1 is 0.811 bits per heavy atom. The van der Waals surface area contributed by atoms with Crippen LogP contribution in [0.1, 0.15) is 59.0 Å². The number of ether oxygens (including phenoxy) is 2. The lowest BCUT2D eigenvalue weighted by Crippen LogP contribution is -2.16. The number of pyridine rings is 1. The number of aromatic nitrogens is 1. The molecule has 3 aromatic carbocycles. The smallest absolute Gasteiger partial charge is 0.256 e. The largest absolute Gasteiger partial charge is 0.492 e. The Balaban J connectivity index is 1.49. The maximum absolute atomic E-state index is 13.6. The van der Waals surface area contributed by atoms with Crippen molar-refractivity contribution in [3.63, 3.8) is 0 Å². The van der Waals surface area contributed by atoms with E-state index in [1.54, 1.807) is 36.4 Å². The molecule has 1 aromatic heterocycles. The molecule has 0 saturated heterocycles. The van der Waals surface area contributed by atoms with Crippen molar-refractivity contribution >= 4 is 34.1 Å². The molecule has 0 spiro atoms. The lowest BCUT2D eigenvalue weighted by Gasteiger charge is -2.18. The van der Waals surface area contributed by atoms with Crippen LogP contribution in [-0.4, -0.2) is 30.0 Å². The van der Waals surface area contributed by atoms with Crippen LogP contribution in [0.3, 0.4) is 0 Å². The van der Waals surface area contributed by atoms with Gasteiger partial charge in [0.1, 0.15) is 11.5 Å². The first kappa shape index (κ1) is 24.3. The van der Waals surface area contributed by atoms with Crippen LogP contribution < -0.4 is 20.1 Å². The lowest BCUT2D eigenvalue weighted by molar-refractivity contribution is 0.101. The number of hydrogen-bond donors (Lipinski definition) is 2.